The predicted octanol–water partition coefficient (Wildman–Crippen LogP) is 8.73. The molecule has 0 saturated heterocycles. The Kier molecular flexibility index (Phi) is 9.84. The van der Waals surface area contributed by atoms with E-state index in [0.717, 1.165) is 16.7 Å². The number of nitrogens with zero attached hydrogens (tertiary/aromatic N) is 3. The van der Waals surface area contributed by atoms with Crippen LogP contribution in [0.15, 0.2) is 114 Å². The Balaban J connectivity index is 1.53. The smallest absolute Gasteiger partial charge is 0.425 e. The number of alkyl halides is 3. The van der Waals surface area contributed by atoms with Crippen molar-refractivity contribution >= 4 is 5.90 Å². The fourth-order valence-electron chi connectivity index (χ4n) is 6.47. The normalized spacial score (nSPS) is 17.4. The molecule has 0 saturated carbocycles. The molecule has 2 heterocycles. The molecule has 51 heavy (non-hydrogen) atoms. The number of aromatic nitrogens is 2. The number of aryl methyl sites for hydroxylation is 1. The summed E-state index contributed by atoms with van der Waals surface area (Å²) in [5, 5.41) is 0. The Morgan fingerprint density at radius 3 is 1.88 bits per heavy atom. The molecule has 6 rings (SSSR count). The molecule has 0 spiro atoms. The van der Waals surface area contributed by atoms with E-state index in [1.54, 1.807) is 57.8 Å². The molecule has 6 nitrogen and oxygen atoms in total. The minimum Gasteiger partial charge on any atom is -0.497 e. The zero-order chi connectivity index (χ0) is 36.2. The predicted molar refractivity (Wildman–Crippen MR) is 186 cm³/mol. The van der Waals surface area contributed by atoms with Crippen LogP contribution in [0.25, 0.3) is 0 Å². The van der Waals surface area contributed by atoms with Gasteiger partial charge in [-0.15, -0.1) is 0 Å². The van der Waals surface area contributed by atoms with E-state index >= 15 is 4.39 Å². The lowest BCUT2D eigenvalue weighted by Gasteiger charge is -2.41. The minimum atomic E-state index is -4.77. The van der Waals surface area contributed by atoms with Crippen LogP contribution >= 0.6 is 0 Å². The van der Waals surface area contributed by atoms with Crippen molar-refractivity contribution in [1.82, 2.24) is 9.97 Å². The van der Waals surface area contributed by atoms with Crippen LogP contribution in [-0.2, 0) is 15.7 Å². The number of hydrogen-bond acceptors (Lipinski definition) is 6. The minimum absolute atomic E-state index is 0.0243. The highest BCUT2D eigenvalue weighted by atomic mass is 19.4. The Morgan fingerprint density at radius 1 is 0.784 bits per heavy atom. The molecule has 5 aromatic rings. The zero-order valence-corrected chi connectivity index (χ0v) is 28.5. The van der Waals surface area contributed by atoms with Crippen LogP contribution in [0.1, 0.15) is 59.0 Å². The zero-order valence-electron chi connectivity index (χ0n) is 28.5. The Bertz CT molecular complexity index is 2030. The van der Waals surface area contributed by atoms with Gasteiger partial charge in [-0.3, -0.25) is 0 Å². The molecule has 260 valence electrons. The van der Waals surface area contributed by atoms with Crippen LogP contribution in [0, 0.1) is 24.6 Å². The SMILES string of the molecule is COc1ccc(C(CC2=N[C@](C)(c3cc(C#Cc4cnc(C)nc4)ccc3F)C[C@@H](C(F)(F)F)O2)(c2ccccc2)c2ccc(OC)cc2)cc1. The van der Waals surface area contributed by atoms with Crippen LogP contribution < -0.4 is 9.47 Å². The van der Waals surface area contributed by atoms with Gasteiger partial charge in [-0.05, 0) is 73.0 Å². The molecule has 0 aliphatic carbocycles. The summed E-state index contributed by atoms with van der Waals surface area (Å²) >= 11 is 0. The summed E-state index contributed by atoms with van der Waals surface area (Å²) in [5.41, 5.74) is 0.441. The maximum atomic E-state index is 15.8. The van der Waals surface area contributed by atoms with Crippen molar-refractivity contribution in [2.45, 2.75) is 49.9 Å². The topological polar surface area (TPSA) is 65.8 Å². The average molecular weight is 694 g/mol. The fraction of sp³-hybridized carbons (Fsp3) is 0.244. The Morgan fingerprint density at radius 2 is 1.33 bits per heavy atom. The molecular weight excluding hydrogens is 658 g/mol. The molecule has 0 bridgehead atoms. The first-order chi connectivity index (χ1) is 24.4. The van der Waals surface area contributed by atoms with E-state index in [2.05, 4.69) is 21.8 Å². The van der Waals surface area contributed by atoms with Crippen LogP contribution in [-0.4, -0.2) is 42.4 Å². The average Bonchev–Trinajstić information content (AvgIpc) is 3.14. The fourth-order valence-corrected chi connectivity index (χ4v) is 6.47. The quantitative estimate of drug-likeness (QED) is 0.0925. The van der Waals surface area contributed by atoms with Gasteiger partial charge in [0.15, 0.2) is 12.0 Å². The van der Waals surface area contributed by atoms with Crippen molar-refractivity contribution in [3.05, 3.63) is 154 Å². The van der Waals surface area contributed by atoms with Crippen molar-refractivity contribution in [3.63, 3.8) is 0 Å². The van der Waals surface area contributed by atoms with Gasteiger partial charge in [0.05, 0.1) is 30.7 Å². The van der Waals surface area contributed by atoms with Gasteiger partial charge < -0.3 is 14.2 Å². The summed E-state index contributed by atoms with van der Waals surface area (Å²) in [6.45, 7) is 3.25. The standard InChI is InChI=1S/C41H35F4N3O3/c1-27-46-25-29(26-47-27)11-10-28-12-21-36(42)35(22-28)39(2)23-37(41(43,44)45)51-38(48-39)24-40(30-8-6-5-7-9-30,31-13-17-33(49-3)18-14-31)32-15-19-34(50-4)20-16-32/h5-9,12-22,25-26,37H,23-24H2,1-4H3/t37-,39-/m0/s1. The van der Waals surface area contributed by atoms with Crippen LogP contribution in [0.2, 0.25) is 0 Å². The van der Waals surface area contributed by atoms with Crippen molar-refractivity contribution in [2.24, 2.45) is 4.99 Å². The molecule has 0 unspecified atom stereocenters. The van der Waals surface area contributed by atoms with Gasteiger partial charge in [0, 0.05) is 36.4 Å². The van der Waals surface area contributed by atoms with E-state index in [1.807, 2.05) is 54.6 Å². The first-order valence-corrected chi connectivity index (χ1v) is 16.2. The number of hydrogen-bond donors (Lipinski definition) is 0. The van der Waals surface area contributed by atoms with Gasteiger partial charge in [-0.1, -0.05) is 66.4 Å². The maximum Gasteiger partial charge on any atom is 0.425 e. The number of halogens is 4. The Labute approximate surface area is 294 Å². The van der Waals surface area contributed by atoms with E-state index in [0.29, 0.717) is 28.5 Å². The van der Waals surface area contributed by atoms with Gasteiger partial charge in [0.2, 0.25) is 0 Å². The van der Waals surface area contributed by atoms with Crippen molar-refractivity contribution in [2.75, 3.05) is 14.2 Å². The summed E-state index contributed by atoms with van der Waals surface area (Å²) in [5.74, 6) is 6.83. The van der Waals surface area contributed by atoms with Crippen molar-refractivity contribution < 1.29 is 31.8 Å². The molecular formula is C41H35F4N3O3. The number of benzene rings is 4. The van der Waals surface area contributed by atoms with Crippen LogP contribution in [0.4, 0.5) is 17.6 Å². The van der Waals surface area contributed by atoms with E-state index in [-0.39, 0.29) is 17.9 Å². The summed E-state index contributed by atoms with van der Waals surface area (Å²) in [6.07, 6.45) is -4.65. The van der Waals surface area contributed by atoms with Gasteiger partial charge in [-0.2, -0.15) is 13.2 Å². The summed E-state index contributed by atoms with van der Waals surface area (Å²) in [6, 6.07) is 28.3. The summed E-state index contributed by atoms with van der Waals surface area (Å²) in [4.78, 5) is 13.1. The molecule has 2 atom stereocenters. The lowest BCUT2D eigenvalue weighted by Crippen LogP contribution is -2.46. The Hall–Kier alpha value is -5.69. The number of rotatable bonds is 8. The molecule has 0 N–H and O–H groups in total. The van der Waals surface area contributed by atoms with Crippen molar-refractivity contribution in [3.8, 4) is 23.3 Å². The first-order valence-electron chi connectivity index (χ1n) is 16.2. The highest BCUT2D eigenvalue weighted by molar-refractivity contribution is 5.82. The third-order valence-corrected chi connectivity index (χ3v) is 9.13. The third kappa shape index (κ3) is 7.43. The summed E-state index contributed by atoms with van der Waals surface area (Å²) in [7, 11) is 3.12. The largest absolute Gasteiger partial charge is 0.497 e. The molecule has 10 heteroatoms. The van der Waals surface area contributed by atoms with E-state index < -0.39 is 35.5 Å². The molecule has 0 amide bonds. The van der Waals surface area contributed by atoms with E-state index in [1.165, 1.54) is 25.1 Å². The molecule has 4 aromatic carbocycles. The van der Waals surface area contributed by atoms with Gasteiger partial charge >= 0.3 is 6.18 Å². The van der Waals surface area contributed by atoms with Gasteiger partial charge in [0.1, 0.15) is 23.1 Å². The molecule has 1 aliphatic rings. The second-order valence-corrected chi connectivity index (χ2v) is 12.5. The molecule has 1 aliphatic heterocycles. The first kappa shape index (κ1) is 35.1. The van der Waals surface area contributed by atoms with Gasteiger partial charge in [-0.25, -0.2) is 19.4 Å². The third-order valence-electron chi connectivity index (χ3n) is 9.13. The second kappa shape index (κ2) is 14.3. The lowest BCUT2D eigenvalue weighted by molar-refractivity contribution is -0.208. The van der Waals surface area contributed by atoms with Gasteiger partial charge in [0.25, 0.3) is 0 Å². The van der Waals surface area contributed by atoms with Crippen molar-refractivity contribution in [1.29, 1.82) is 0 Å². The number of methoxy groups -OCH3 is 2. The second-order valence-electron chi connectivity index (χ2n) is 12.5. The molecule has 0 fully saturated rings. The number of ether oxygens (including phenoxy) is 3. The van der Waals surface area contributed by atoms with E-state index in [4.69, 9.17) is 19.2 Å². The highest BCUT2D eigenvalue weighted by Crippen LogP contribution is 2.47. The number of aliphatic imine (C=N–C) groups is 1. The highest BCUT2D eigenvalue weighted by Gasteiger charge is 2.51. The molecule has 1 aromatic heterocycles. The summed E-state index contributed by atoms with van der Waals surface area (Å²) < 4.78 is 76.5. The van der Waals surface area contributed by atoms with E-state index in [9.17, 15) is 13.2 Å². The lowest BCUT2D eigenvalue weighted by atomic mass is 9.67. The van der Waals surface area contributed by atoms with Crippen LogP contribution in [0.5, 0.6) is 11.5 Å². The monoisotopic (exact) mass is 693 g/mol. The maximum absolute atomic E-state index is 15.8. The van der Waals surface area contributed by atoms with Crippen LogP contribution in [0.3, 0.4) is 0 Å². The molecule has 0 radical (unpaired) electrons.